The minimum absolute atomic E-state index is 0.507. The second-order valence-corrected chi connectivity index (χ2v) is 8.47. The molecule has 146 valence electrons. The molecule has 2 aromatic rings. The number of ether oxygens (including phenoxy) is 1. The number of nitrogens with zero attached hydrogens (tertiary/aromatic N) is 1. The molecule has 8 heteroatoms. The molecule has 0 radical (unpaired) electrons. The van der Waals surface area contributed by atoms with Gasteiger partial charge < -0.3 is 25.7 Å². The fraction of sp³-hybridized carbons (Fsp3) is 0.556. The van der Waals surface area contributed by atoms with Gasteiger partial charge in [-0.1, -0.05) is 0 Å². The predicted molar refractivity (Wildman–Crippen MR) is 109 cm³/mol. The first-order valence-corrected chi connectivity index (χ1v) is 10.9. The van der Waals surface area contributed by atoms with Crippen LogP contribution in [0.5, 0.6) is 5.75 Å². The molecule has 0 fully saturated rings. The van der Waals surface area contributed by atoms with E-state index in [0.717, 1.165) is 60.3 Å². The third kappa shape index (κ3) is 6.00. The molecule has 5 N–H and O–H groups in total. The van der Waals surface area contributed by atoms with E-state index in [1.165, 1.54) is 11.3 Å². The van der Waals surface area contributed by atoms with Gasteiger partial charge in [0.25, 0.3) is 0 Å². The number of nitrogens with two attached hydrogens (primary N) is 2. The van der Waals surface area contributed by atoms with Crippen LogP contribution >= 0.6 is 11.3 Å². The van der Waals surface area contributed by atoms with Gasteiger partial charge in [0, 0.05) is 16.6 Å². The van der Waals surface area contributed by atoms with Gasteiger partial charge in [0.15, 0.2) is 11.1 Å². The quantitative estimate of drug-likeness (QED) is 0.374. The van der Waals surface area contributed by atoms with E-state index >= 15 is 0 Å². The molecule has 1 unspecified atom stereocenters. The van der Waals surface area contributed by atoms with Crippen LogP contribution in [0.1, 0.15) is 24.8 Å². The highest BCUT2D eigenvalue weighted by molar-refractivity contribution is 7.82. The van der Waals surface area contributed by atoms with Crippen LogP contribution in [-0.4, -0.2) is 53.0 Å². The van der Waals surface area contributed by atoms with Gasteiger partial charge in [-0.15, -0.1) is 11.3 Å². The summed E-state index contributed by atoms with van der Waals surface area (Å²) in [6.07, 6.45) is 2.92. The van der Waals surface area contributed by atoms with E-state index in [4.69, 9.17) is 16.2 Å². The predicted octanol–water partition coefficient (Wildman–Crippen LogP) is 2.56. The summed E-state index contributed by atoms with van der Waals surface area (Å²) >= 11 is -0.588. The Morgan fingerprint density at radius 3 is 2.42 bits per heavy atom. The summed E-state index contributed by atoms with van der Waals surface area (Å²) in [4.78, 5) is 2.39. The Kier molecular flexibility index (Phi) is 8.97. The van der Waals surface area contributed by atoms with E-state index in [9.17, 15) is 8.76 Å². The van der Waals surface area contributed by atoms with Crippen molar-refractivity contribution >= 4 is 32.5 Å². The zero-order chi connectivity index (χ0) is 18.9. The Hall–Kier alpha value is -1.03. The normalized spacial score (nSPS) is 12.8. The van der Waals surface area contributed by atoms with Crippen molar-refractivity contribution in [3.63, 3.8) is 0 Å². The highest BCUT2D eigenvalue weighted by atomic mass is 32.2. The minimum Gasteiger partial charge on any atom is -0.494 e. The molecule has 6 nitrogen and oxygen atoms in total. The SMILES string of the molecule is Cc1c(S(=O)O)sc2ccc(OCCCN(CCCN)CCCN)cc12. The van der Waals surface area contributed by atoms with Crippen LogP contribution in [0, 0.1) is 6.92 Å². The average molecular weight is 400 g/mol. The Morgan fingerprint density at radius 2 is 1.81 bits per heavy atom. The molecule has 0 saturated heterocycles. The number of thiophene rings is 1. The van der Waals surface area contributed by atoms with Gasteiger partial charge in [0.2, 0.25) is 0 Å². The third-order valence-corrected chi connectivity index (χ3v) is 6.64. The molecule has 1 heterocycles. The van der Waals surface area contributed by atoms with Gasteiger partial charge >= 0.3 is 0 Å². The van der Waals surface area contributed by atoms with Gasteiger partial charge in [0.05, 0.1) is 6.61 Å². The molecule has 0 saturated carbocycles. The zero-order valence-corrected chi connectivity index (χ0v) is 16.9. The Labute approximate surface area is 161 Å². The molecule has 0 bridgehead atoms. The Balaban J connectivity index is 1.88. The van der Waals surface area contributed by atoms with E-state index in [1.807, 2.05) is 25.1 Å². The maximum atomic E-state index is 11.4. The summed E-state index contributed by atoms with van der Waals surface area (Å²) < 4.78 is 28.1. The highest BCUT2D eigenvalue weighted by Crippen LogP contribution is 2.34. The van der Waals surface area contributed by atoms with Crippen molar-refractivity contribution in [3.05, 3.63) is 23.8 Å². The molecule has 0 aliphatic heterocycles. The smallest absolute Gasteiger partial charge is 0.197 e. The van der Waals surface area contributed by atoms with Crippen molar-refractivity contribution in [1.29, 1.82) is 0 Å². The molecule has 1 atom stereocenters. The van der Waals surface area contributed by atoms with E-state index < -0.39 is 11.1 Å². The molecular formula is C18H29N3O3S2. The van der Waals surface area contributed by atoms with Crippen molar-refractivity contribution in [2.75, 3.05) is 39.3 Å². The molecule has 2 rings (SSSR count). The van der Waals surface area contributed by atoms with Crippen LogP contribution in [0.3, 0.4) is 0 Å². The Morgan fingerprint density at radius 1 is 1.15 bits per heavy atom. The minimum atomic E-state index is -1.94. The highest BCUT2D eigenvalue weighted by Gasteiger charge is 2.13. The van der Waals surface area contributed by atoms with E-state index in [2.05, 4.69) is 4.90 Å². The van der Waals surface area contributed by atoms with Crippen molar-refractivity contribution in [3.8, 4) is 5.75 Å². The average Bonchev–Trinajstić information content (AvgIpc) is 2.97. The molecule has 26 heavy (non-hydrogen) atoms. The second kappa shape index (κ2) is 11.0. The summed E-state index contributed by atoms with van der Waals surface area (Å²) in [7, 11) is 0. The lowest BCUT2D eigenvalue weighted by atomic mass is 10.2. The maximum Gasteiger partial charge on any atom is 0.197 e. The molecule has 0 amide bonds. The fourth-order valence-electron chi connectivity index (χ4n) is 2.88. The van der Waals surface area contributed by atoms with E-state index in [0.29, 0.717) is 23.9 Å². The maximum absolute atomic E-state index is 11.4. The third-order valence-electron chi connectivity index (χ3n) is 4.27. The number of aryl methyl sites for hydroxylation is 1. The monoisotopic (exact) mass is 399 g/mol. The number of benzene rings is 1. The lowest BCUT2D eigenvalue weighted by molar-refractivity contribution is 0.232. The molecule has 0 aliphatic rings. The standard InChI is InChI=1S/C18H29N3O3S2/c1-14-16-13-15(5-6-17(16)25-18(14)26(22)23)24-12-4-11-21(9-2-7-19)10-3-8-20/h5-6,13H,2-4,7-12,19-20H2,1H3,(H,22,23). The van der Waals surface area contributed by atoms with Crippen LogP contribution in [0.4, 0.5) is 0 Å². The summed E-state index contributed by atoms with van der Waals surface area (Å²) in [5.74, 6) is 0.795. The first-order valence-electron chi connectivity index (χ1n) is 8.96. The van der Waals surface area contributed by atoms with E-state index in [1.54, 1.807) is 0 Å². The lowest BCUT2D eigenvalue weighted by Gasteiger charge is -2.21. The number of hydrogen-bond donors (Lipinski definition) is 3. The van der Waals surface area contributed by atoms with Crippen LogP contribution in [0.15, 0.2) is 22.4 Å². The topological polar surface area (TPSA) is 102 Å². The fourth-order valence-corrected chi connectivity index (χ4v) is 4.72. The summed E-state index contributed by atoms with van der Waals surface area (Å²) in [5.41, 5.74) is 12.1. The largest absolute Gasteiger partial charge is 0.494 e. The first kappa shape index (κ1) is 21.3. The van der Waals surface area contributed by atoms with Crippen molar-refractivity contribution in [1.82, 2.24) is 4.90 Å². The van der Waals surface area contributed by atoms with Crippen LogP contribution in [0.25, 0.3) is 10.1 Å². The van der Waals surface area contributed by atoms with Gasteiger partial charge in [-0.3, -0.25) is 0 Å². The van der Waals surface area contributed by atoms with Crippen LogP contribution in [-0.2, 0) is 11.1 Å². The molecule has 0 spiro atoms. The van der Waals surface area contributed by atoms with Crippen LogP contribution < -0.4 is 16.2 Å². The molecule has 1 aromatic carbocycles. The molecule has 1 aromatic heterocycles. The summed E-state index contributed by atoms with van der Waals surface area (Å²) in [5, 5.41) is 0.984. The van der Waals surface area contributed by atoms with Gasteiger partial charge in [-0.25, -0.2) is 4.21 Å². The lowest BCUT2D eigenvalue weighted by Crippen LogP contribution is -2.30. The number of hydrogen-bond acceptors (Lipinski definition) is 6. The van der Waals surface area contributed by atoms with Crippen molar-refractivity contribution < 1.29 is 13.5 Å². The van der Waals surface area contributed by atoms with Crippen molar-refractivity contribution in [2.45, 2.75) is 30.4 Å². The van der Waals surface area contributed by atoms with Crippen LogP contribution in [0.2, 0.25) is 0 Å². The molecular weight excluding hydrogens is 370 g/mol. The van der Waals surface area contributed by atoms with Gasteiger partial charge in [-0.2, -0.15) is 0 Å². The van der Waals surface area contributed by atoms with Crippen molar-refractivity contribution in [2.24, 2.45) is 11.5 Å². The summed E-state index contributed by atoms with van der Waals surface area (Å²) in [6.45, 7) is 6.88. The first-order chi connectivity index (χ1) is 12.6. The van der Waals surface area contributed by atoms with Gasteiger partial charge in [-0.05, 0) is 76.1 Å². The van der Waals surface area contributed by atoms with Gasteiger partial charge in [0.1, 0.15) is 9.96 Å². The molecule has 0 aliphatic carbocycles. The zero-order valence-electron chi connectivity index (χ0n) is 15.3. The second-order valence-electron chi connectivity index (χ2n) is 6.25. The van der Waals surface area contributed by atoms with E-state index in [-0.39, 0.29) is 0 Å². The Bertz CT molecular complexity index is 713. The summed E-state index contributed by atoms with van der Waals surface area (Å²) in [6, 6.07) is 5.83. The number of fused-ring (bicyclic) bond motifs is 1. The number of rotatable bonds is 12.